The molecule has 1 unspecified atom stereocenters. The Kier molecular flexibility index (Phi) is 5.86. The van der Waals surface area contributed by atoms with E-state index in [1.54, 1.807) is 24.3 Å². The Morgan fingerprint density at radius 1 is 1.25 bits per heavy atom. The summed E-state index contributed by atoms with van der Waals surface area (Å²) in [6.45, 7) is 1.41. The van der Waals surface area contributed by atoms with Gasteiger partial charge in [-0.25, -0.2) is 0 Å². The number of benzene rings is 1. The molecule has 1 aromatic rings. The molecule has 0 fully saturated rings. The summed E-state index contributed by atoms with van der Waals surface area (Å²) in [6, 6.07) is 5.94. The second-order valence-electron chi connectivity index (χ2n) is 4.42. The van der Waals surface area contributed by atoms with Crippen molar-refractivity contribution in [1.82, 2.24) is 5.32 Å². The third-order valence-electron chi connectivity index (χ3n) is 2.67. The molecule has 0 heterocycles. The Labute approximate surface area is 117 Å². The highest BCUT2D eigenvalue weighted by Gasteiger charge is 2.14. The van der Waals surface area contributed by atoms with Crippen molar-refractivity contribution in [1.29, 1.82) is 0 Å². The number of ether oxygens (including phenoxy) is 1. The summed E-state index contributed by atoms with van der Waals surface area (Å²) < 4.78 is 4.54. The van der Waals surface area contributed by atoms with Gasteiger partial charge in [0.25, 0.3) is 5.91 Å². The third-order valence-corrected chi connectivity index (χ3v) is 2.67. The molecule has 1 rings (SSSR count). The SMILES string of the molecule is COC(=O)C(N)Cc1ccc(C(=O)NCC(C)=O)cc1. The number of rotatable bonds is 6. The van der Waals surface area contributed by atoms with E-state index in [2.05, 4.69) is 10.1 Å². The van der Waals surface area contributed by atoms with Crippen LogP contribution in [-0.4, -0.2) is 37.4 Å². The van der Waals surface area contributed by atoms with Gasteiger partial charge in [-0.2, -0.15) is 0 Å². The van der Waals surface area contributed by atoms with Gasteiger partial charge < -0.3 is 15.8 Å². The number of hydrogen-bond acceptors (Lipinski definition) is 5. The van der Waals surface area contributed by atoms with Crippen LogP contribution >= 0.6 is 0 Å². The molecule has 108 valence electrons. The Morgan fingerprint density at radius 2 is 1.85 bits per heavy atom. The van der Waals surface area contributed by atoms with E-state index in [0.717, 1.165) is 5.56 Å². The van der Waals surface area contributed by atoms with E-state index in [1.165, 1.54) is 14.0 Å². The van der Waals surface area contributed by atoms with Crippen LogP contribution < -0.4 is 11.1 Å². The molecule has 0 bridgehead atoms. The Balaban J connectivity index is 2.62. The number of methoxy groups -OCH3 is 1. The molecule has 20 heavy (non-hydrogen) atoms. The van der Waals surface area contributed by atoms with Crippen LogP contribution in [0.1, 0.15) is 22.8 Å². The number of ketones is 1. The van der Waals surface area contributed by atoms with Crippen LogP contribution in [0, 0.1) is 0 Å². The zero-order chi connectivity index (χ0) is 15.1. The smallest absolute Gasteiger partial charge is 0.322 e. The summed E-state index contributed by atoms with van der Waals surface area (Å²) in [6.07, 6.45) is 0.335. The molecule has 0 spiro atoms. The van der Waals surface area contributed by atoms with Gasteiger partial charge in [0.05, 0.1) is 13.7 Å². The van der Waals surface area contributed by atoms with Crippen molar-refractivity contribution in [2.75, 3.05) is 13.7 Å². The van der Waals surface area contributed by atoms with E-state index in [0.29, 0.717) is 12.0 Å². The van der Waals surface area contributed by atoms with E-state index >= 15 is 0 Å². The second kappa shape index (κ2) is 7.40. The van der Waals surface area contributed by atoms with E-state index in [-0.39, 0.29) is 18.2 Å². The highest BCUT2D eigenvalue weighted by Crippen LogP contribution is 2.07. The molecular formula is C14H18N2O4. The summed E-state index contributed by atoms with van der Waals surface area (Å²) in [7, 11) is 1.28. The molecule has 0 aliphatic rings. The van der Waals surface area contributed by atoms with Crippen LogP contribution in [-0.2, 0) is 20.7 Å². The summed E-state index contributed by atoms with van der Waals surface area (Å²) in [5, 5.41) is 2.50. The van der Waals surface area contributed by atoms with Crippen LogP contribution in [0.15, 0.2) is 24.3 Å². The van der Waals surface area contributed by atoms with Gasteiger partial charge in [0.1, 0.15) is 11.8 Å². The molecule has 0 saturated heterocycles. The third kappa shape index (κ3) is 4.81. The van der Waals surface area contributed by atoms with Crippen LogP contribution in [0.5, 0.6) is 0 Å². The summed E-state index contributed by atoms with van der Waals surface area (Å²) in [5.41, 5.74) is 6.92. The van der Waals surface area contributed by atoms with Crippen molar-refractivity contribution in [3.05, 3.63) is 35.4 Å². The van der Waals surface area contributed by atoms with Crippen molar-refractivity contribution in [2.24, 2.45) is 5.73 Å². The van der Waals surface area contributed by atoms with Gasteiger partial charge >= 0.3 is 5.97 Å². The summed E-state index contributed by atoms with van der Waals surface area (Å²) >= 11 is 0. The summed E-state index contributed by atoms with van der Waals surface area (Å²) in [4.78, 5) is 33.6. The number of esters is 1. The highest BCUT2D eigenvalue weighted by atomic mass is 16.5. The number of nitrogens with one attached hydrogen (secondary N) is 1. The van der Waals surface area contributed by atoms with Gasteiger partial charge in [0.15, 0.2) is 0 Å². The van der Waals surface area contributed by atoms with Crippen LogP contribution in [0.25, 0.3) is 0 Å². The lowest BCUT2D eigenvalue weighted by atomic mass is 10.0. The first-order chi connectivity index (χ1) is 9.43. The highest BCUT2D eigenvalue weighted by molar-refractivity contribution is 5.96. The molecule has 1 aromatic carbocycles. The number of nitrogens with two attached hydrogens (primary N) is 1. The monoisotopic (exact) mass is 278 g/mol. The first-order valence-corrected chi connectivity index (χ1v) is 6.14. The summed E-state index contributed by atoms with van der Waals surface area (Å²) in [5.74, 6) is -0.906. The normalized spacial score (nSPS) is 11.6. The molecule has 0 saturated carbocycles. The molecule has 0 radical (unpaired) electrons. The number of carbonyl (C=O) groups is 3. The van der Waals surface area contributed by atoms with Crippen molar-refractivity contribution in [3.63, 3.8) is 0 Å². The molecule has 0 aliphatic heterocycles. The van der Waals surface area contributed by atoms with Crippen molar-refractivity contribution in [2.45, 2.75) is 19.4 Å². The standard InChI is InChI=1S/C14H18N2O4/c1-9(17)8-16-13(18)11-5-3-10(4-6-11)7-12(15)14(19)20-2/h3-6,12H,7-8,15H2,1-2H3,(H,16,18). The molecule has 1 amide bonds. The lowest BCUT2D eigenvalue weighted by Gasteiger charge is -2.09. The quantitative estimate of drug-likeness (QED) is 0.716. The fourth-order valence-electron chi connectivity index (χ4n) is 1.59. The molecule has 0 aliphatic carbocycles. The van der Waals surface area contributed by atoms with Gasteiger partial charge in [-0.15, -0.1) is 0 Å². The lowest BCUT2D eigenvalue weighted by molar-refractivity contribution is -0.142. The van der Waals surface area contributed by atoms with E-state index < -0.39 is 12.0 Å². The maximum Gasteiger partial charge on any atom is 0.322 e. The molecule has 3 N–H and O–H groups in total. The van der Waals surface area contributed by atoms with Crippen molar-refractivity contribution in [3.8, 4) is 0 Å². The predicted molar refractivity (Wildman–Crippen MR) is 73.2 cm³/mol. The second-order valence-corrected chi connectivity index (χ2v) is 4.42. The minimum absolute atomic E-state index is 0.00774. The minimum Gasteiger partial charge on any atom is -0.468 e. The maximum absolute atomic E-state index is 11.7. The Hall–Kier alpha value is -2.21. The van der Waals surface area contributed by atoms with Crippen molar-refractivity contribution >= 4 is 17.7 Å². The molecule has 6 heteroatoms. The van der Waals surface area contributed by atoms with Gasteiger partial charge in [-0.1, -0.05) is 12.1 Å². The largest absolute Gasteiger partial charge is 0.468 e. The van der Waals surface area contributed by atoms with E-state index in [4.69, 9.17) is 5.73 Å². The topological polar surface area (TPSA) is 98.5 Å². The molecular weight excluding hydrogens is 260 g/mol. The van der Waals surface area contributed by atoms with Crippen LogP contribution in [0.2, 0.25) is 0 Å². The van der Waals surface area contributed by atoms with Crippen LogP contribution in [0.3, 0.4) is 0 Å². The zero-order valence-corrected chi connectivity index (χ0v) is 11.5. The molecule has 0 aromatic heterocycles. The first-order valence-electron chi connectivity index (χ1n) is 6.14. The zero-order valence-electron chi connectivity index (χ0n) is 11.5. The van der Waals surface area contributed by atoms with E-state index in [1.807, 2.05) is 0 Å². The van der Waals surface area contributed by atoms with Gasteiger partial charge in [0, 0.05) is 5.56 Å². The fourth-order valence-corrected chi connectivity index (χ4v) is 1.59. The Morgan fingerprint density at radius 3 is 2.35 bits per heavy atom. The lowest BCUT2D eigenvalue weighted by Crippen LogP contribution is -2.33. The number of amides is 1. The number of Topliss-reactive ketones (excluding diaryl/α,β-unsaturated/α-hetero) is 1. The van der Waals surface area contributed by atoms with Crippen molar-refractivity contribution < 1.29 is 19.1 Å². The first kappa shape index (κ1) is 15.8. The predicted octanol–water partition coefficient (Wildman–Crippen LogP) is 0.0482. The average Bonchev–Trinajstić information content (AvgIpc) is 2.44. The molecule has 6 nitrogen and oxygen atoms in total. The number of carbonyl (C=O) groups excluding carboxylic acids is 3. The van der Waals surface area contributed by atoms with E-state index in [9.17, 15) is 14.4 Å². The average molecular weight is 278 g/mol. The van der Waals surface area contributed by atoms with Gasteiger partial charge in [-0.3, -0.25) is 14.4 Å². The minimum atomic E-state index is -0.725. The fraction of sp³-hybridized carbons (Fsp3) is 0.357. The van der Waals surface area contributed by atoms with Gasteiger partial charge in [0.2, 0.25) is 0 Å². The van der Waals surface area contributed by atoms with Gasteiger partial charge in [-0.05, 0) is 31.0 Å². The van der Waals surface area contributed by atoms with Crippen LogP contribution in [0.4, 0.5) is 0 Å². The Bertz CT molecular complexity index is 496. The molecule has 1 atom stereocenters. The number of hydrogen-bond donors (Lipinski definition) is 2. The maximum atomic E-state index is 11.7.